The number of hydrogen-bond acceptors (Lipinski definition) is 7. The number of Topliss-reactive ketones (excluding diaryl/α,β-unsaturated/α-hetero) is 1. The van der Waals surface area contributed by atoms with Crippen LogP contribution in [0.5, 0.6) is 5.75 Å². The summed E-state index contributed by atoms with van der Waals surface area (Å²) in [6.07, 6.45) is 2.66. The van der Waals surface area contributed by atoms with Crippen LogP contribution in [0.2, 0.25) is 0 Å². The Balaban J connectivity index is 1.69. The lowest BCUT2D eigenvalue weighted by Crippen LogP contribution is -2.11. The van der Waals surface area contributed by atoms with E-state index in [2.05, 4.69) is 24.0 Å². The van der Waals surface area contributed by atoms with Crippen LogP contribution in [0.1, 0.15) is 42.3 Å². The summed E-state index contributed by atoms with van der Waals surface area (Å²) in [5.41, 5.74) is 0.943. The fraction of sp³-hybridized carbons (Fsp3) is 0.304. The number of carbonyl (C=O) groups is 1. The molecule has 1 N–H and O–H groups in total. The van der Waals surface area contributed by atoms with Crippen LogP contribution in [0, 0.1) is 11.3 Å². The molecule has 1 saturated heterocycles. The molecule has 1 aromatic heterocycles. The van der Waals surface area contributed by atoms with Gasteiger partial charge in [-0.3, -0.25) is 10.2 Å². The van der Waals surface area contributed by atoms with Gasteiger partial charge in [0, 0.05) is 5.39 Å². The van der Waals surface area contributed by atoms with Crippen molar-refractivity contribution in [3.63, 3.8) is 0 Å². The molecule has 2 heterocycles. The van der Waals surface area contributed by atoms with E-state index in [1.807, 2.05) is 49.4 Å². The smallest absolute Gasteiger partial charge is 0.186 e. The Labute approximate surface area is 184 Å². The van der Waals surface area contributed by atoms with Crippen molar-refractivity contribution >= 4 is 50.8 Å². The lowest BCUT2D eigenvalue weighted by molar-refractivity contribution is -0.114. The first-order chi connectivity index (χ1) is 14.5. The first kappa shape index (κ1) is 20.8. The van der Waals surface area contributed by atoms with Gasteiger partial charge in [0.25, 0.3) is 0 Å². The van der Waals surface area contributed by atoms with Crippen molar-refractivity contribution in [3.8, 4) is 5.75 Å². The molecule has 0 spiro atoms. The van der Waals surface area contributed by atoms with Gasteiger partial charge in [-0.05, 0) is 35.4 Å². The molecule has 5 nitrogen and oxygen atoms in total. The summed E-state index contributed by atoms with van der Waals surface area (Å²) in [4.78, 5) is 13.7. The molecular formula is C23H23N3O2S2. The van der Waals surface area contributed by atoms with Crippen molar-refractivity contribution in [1.29, 1.82) is 5.41 Å². The molecule has 1 aliphatic heterocycles. The molecule has 1 fully saturated rings. The first-order valence-corrected chi connectivity index (χ1v) is 11.6. The molecule has 0 bridgehead atoms. The monoisotopic (exact) mass is 437 g/mol. The summed E-state index contributed by atoms with van der Waals surface area (Å²) in [6, 6.07) is 12.0. The Kier molecular flexibility index (Phi) is 6.01. The normalized spacial score (nSPS) is 18.1. The number of ether oxygens (including phenoxy) is 1. The second-order valence-corrected chi connectivity index (χ2v) is 9.74. The minimum atomic E-state index is -0.626. The van der Waals surface area contributed by atoms with Gasteiger partial charge in [-0.25, -0.2) is 0 Å². The molecule has 1 atom stereocenters. The molecular weight excluding hydrogens is 414 g/mol. The molecule has 1 aliphatic rings. The number of allylic oxidation sites excluding steroid dienone is 1. The van der Waals surface area contributed by atoms with Gasteiger partial charge >= 0.3 is 0 Å². The zero-order valence-electron chi connectivity index (χ0n) is 17.1. The maximum atomic E-state index is 13.1. The standard InChI is InChI=1S/C23H23N3O2S2/c1-4-19-25-26-23(30-19)20-21(27)18(29-22(20)24)11-14-9-10-17(28-12-13(2)3)16-8-6-5-7-15(14)16/h5-11,13,20,24H,4,12H2,1-3H3. The molecule has 1 unspecified atom stereocenters. The van der Waals surface area contributed by atoms with E-state index in [0.29, 0.717) is 27.5 Å². The average molecular weight is 438 g/mol. The van der Waals surface area contributed by atoms with E-state index < -0.39 is 5.92 Å². The topological polar surface area (TPSA) is 75.9 Å². The summed E-state index contributed by atoms with van der Waals surface area (Å²) in [6.45, 7) is 6.90. The van der Waals surface area contributed by atoms with E-state index in [4.69, 9.17) is 10.1 Å². The summed E-state index contributed by atoms with van der Waals surface area (Å²) >= 11 is 2.63. The highest BCUT2D eigenvalue weighted by atomic mass is 32.2. The van der Waals surface area contributed by atoms with Gasteiger partial charge in [-0.15, -0.1) is 21.5 Å². The second kappa shape index (κ2) is 8.70. The molecule has 0 aliphatic carbocycles. The molecule has 2 aromatic carbocycles. The Bertz CT molecular complexity index is 1150. The van der Waals surface area contributed by atoms with Crippen LogP contribution in [0.15, 0.2) is 41.3 Å². The summed E-state index contributed by atoms with van der Waals surface area (Å²) in [7, 11) is 0. The van der Waals surface area contributed by atoms with Gasteiger partial charge in [0.15, 0.2) is 5.78 Å². The number of nitrogens with zero attached hydrogens (tertiary/aromatic N) is 2. The third-order valence-electron chi connectivity index (χ3n) is 4.80. The lowest BCUT2D eigenvalue weighted by Gasteiger charge is -2.13. The number of hydrogen-bond donors (Lipinski definition) is 1. The number of carbonyl (C=O) groups excluding carboxylic acids is 1. The number of benzene rings is 2. The highest BCUT2D eigenvalue weighted by Crippen LogP contribution is 2.42. The van der Waals surface area contributed by atoms with Crippen LogP contribution in [0.25, 0.3) is 16.8 Å². The molecule has 0 saturated carbocycles. The number of fused-ring (bicyclic) bond motifs is 1. The minimum Gasteiger partial charge on any atom is -0.493 e. The number of thioether (sulfide) groups is 1. The van der Waals surface area contributed by atoms with Crippen LogP contribution < -0.4 is 4.74 Å². The van der Waals surface area contributed by atoms with Crippen LogP contribution >= 0.6 is 23.1 Å². The Morgan fingerprint density at radius 1 is 1.17 bits per heavy atom. The van der Waals surface area contributed by atoms with Crippen molar-refractivity contribution in [2.75, 3.05) is 6.61 Å². The largest absolute Gasteiger partial charge is 0.493 e. The molecule has 4 rings (SSSR count). The maximum absolute atomic E-state index is 13.1. The van der Waals surface area contributed by atoms with Crippen molar-refractivity contribution in [2.45, 2.75) is 33.1 Å². The maximum Gasteiger partial charge on any atom is 0.186 e. The second-order valence-electron chi connectivity index (χ2n) is 7.56. The predicted octanol–water partition coefficient (Wildman–Crippen LogP) is 5.71. The Morgan fingerprint density at radius 2 is 1.93 bits per heavy atom. The van der Waals surface area contributed by atoms with E-state index in [0.717, 1.165) is 33.5 Å². The predicted molar refractivity (Wildman–Crippen MR) is 125 cm³/mol. The summed E-state index contributed by atoms with van der Waals surface area (Å²) < 4.78 is 5.99. The van der Waals surface area contributed by atoms with Gasteiger partial charge < -0.3 is 4.74 Å². The zero-order chi connectivity index (χ0) is 21.3. The van der Waals surface area contributed by atoms with Crippen molar-refractivity contribution in [3.05, 3.63) is 56.9 Å². The van der Waals surface area contributed by atoms with Crippen LogP contribution in [0.4, 0.5) is 0 Å². The van der Waals surface area contributed by atoms with Gasteiger partial charge in [0.2, 0.25) is 0 Å². The van der Waals surface area contributed by atoms with Crippen LogP contribution in [-0.2, 0) is 11.2 Å². The minimum absolute atomic E-state index is 0.0759. The SMILES string of the molecule is CCc1nnc(C2C(=N)SC(=Cc3ccc(OCC(C)C)c4ccccc34)C2=O)s1. The average Bonchev–Trinajstić information content (AvgIpc) is 3.31. The third-order valence-corrected chi connectivity index (χ3v) is 6.92. The van der Waals surface area contributed by atoms with Crippen LogP contribution in [-0.4, -0.2) is 27.6 Å². The number of aromatic nitrogens is 2. The van der Waals surface area contributed by atoms with E-state index in [1.165, 1.54) is 23.1 Å². The van der Waals surface area contributed by atoms with E-state index in [-0.39, 0.29) is 5.78 Å². The third kappa shape index (κ3) is 4.04. The highest BCUT2D eigenvalue weighted by Gasteiger charge is 2.39. The quantitative estimate of drug-likeness (QED) is 0.500. The molecule has 0 amide bonds. The van der Waals surface area contributed by atoms with E-state index >= 15 is 0 Å². The molecule has 3 aromatic rings. The van der Waals surface area contributed by atoms with Gasteiger partial charge in [0.1, 0.15) is 21.7 Å². The van der Waals surface area contributed by atoms with E-state index in [9.17, 15) is 4.79 Å². The number of ketones is 1. The fourth-order valence-electron chi connectivity index (χ4n) is 3.28. The van der Waals surface area contributed by atoms with E-state index in [1.54, 1.807) is 0 Å². The van der Waals surface area contributed by atoms with Gasteiger partial charge in [0.05, 0.1) is 16.6 Å². The number of rotatable bonds is 6. The zero-order valence-corrected chi connectivity index (χ0v) is 18.8. The van der Waals surface area contributed by atoms with Crippen molar-refractivity contribution in [2.24, 2.45) is 5.92 Å². The van der Waals surface area contributed by atoms with Crippen LogP contribution in [0.3, 0.4) is 0 Å². The van der Waals surface area contributed by atoms with Crippen molar-refractivity contribution < 1.29 is 9.53 Å². The fourth-order valence-corrected chi connectivity index (χ4v) is 5.23. The van der Waals surface area contributed by atoms with Crippen molar-refractivity contribution in [1.82, 2.24) is 10.2 Å². The van der Waals surface area contributed by atoms with Gasteiger partial charge in [-0.2, -0.15) is 0 Å². The Hall–Kier alpha value is -2.51. The molecule has 30 heavy (non-hydrogen) atoms. The van der Waals surface area contributed by atoms with Gasteiger partial charge in [-0.1, -0.05) is 62.9 Å². The molecule has 7 heteroatoms. The lowest BCUT2D eigenvalue weighted by atomic mass is 10.0. The number of aryl methyl sites for hydroxylation is 1. The molecule has 154 valence electrons. The first-order valence-electron chi connectivity index (χ1n) is 9.97. The highest BCUT2D eigenvalue weighted by molar-refractivity contribution is 8.19. The molecule has 0 radical (unpaired) electrons. The summed E-state index contributed by atoms with van der Waals surface area (Å²) in [5, 5.41) is 20.5. The Morgan fingerprint density at radius 3 is 2.63 bits per heavy atom. The summed E-state index contributed by atoms with van der Waals surface area (Å²) in [5.74, 6) is 0.583. The number of nitrogens with one attached hydrogen (secondary N) is 1.